The van der Waals surface area contributed by atoms with E-state index in [0.29, 0.717) is 30.1 Å². The minimum atomic E-state index is -0.347. The van der Waals surface area contributed by atoms with E-state index in [2.05, 4.69) is 20.9 Å². The molecule has 7 heteroatoms. The lowest BCUT2D eigenvalue weighted by Gasteiger charge is -2.25. The number of nitrogens with one attached hydrogen (secondary N) is 3. The number of carbonyl (C=O) groups excluding carboxylic acids is 2. The lowest BCUT2D eigenvalue weighted by atomic mass is 9.92. The summed E-state index contributed by atoms with van der Waals surface area (Å²) in [5, 5.41) is 8.84. The molecule has 1 atom stereocenters. The number of nitrogens with zero attached hydrogens (tertiary/aromatic N) is 1. The van der Waals surface area contributed by atoms with Gasteiger partial charge in [0.25, 0.3) is 5.91 Å². The molecule has 1 aromatic heterocycles. The quantitative estimate of drug-likeness (QED) is 0.585. The van der Waals surface area contributed by atoms with Crippen LogP contribution in [0.4, 0.5) is 17.2 Å². The third kappa shape index (κ3) is 4.35. The van der Waals surface area contributed by atoms with Crippen LogP contribution < -0.4 is 20.7 Å². The number of hydrogen-bond donors (Lipinski definition) is 3. The van der Waals surface area contributed by atoms with Gasteiger partial charge in [-0.15, -0.1) is 0 Å². The highest BCUT2D eigenvalue weighted by Gasteiger charge is 2.28. The molecule has 7 nitrogen and oxygen atoms in total. The van der Waals surface area contributed by atoms with Gasteiger partial charge in [0.15, 0.2) is 5.82 Å². The predicted molar refractivity (Wildman–Crippen MR) is 120 cm³/mol. The highest BCUT2D eigenvalue weighted by atomic mass is 16.5. The van der Waals surface area contributed by atoms with Crippen molar-refractivity contribution in [1.82, 2.24) is 10.3 Å². The molecular formula is C24H24N4O3. The SMILES string of the molecule is CNC(=O)c1cnc(Nc2ccccc2C)c(NC(=O)C2CCOc3ccccc32)c1. The highest BCUT2D eigenvalue weighted by molar-refractivity contribution is 6.01. The van der Waals surface area contributed by atoms with Crippen molar-refractivity contribution in [2.45, 2.75) is 19.3 Å². The van der Waals surface area contributed by atoms with E-state index in [1.807, 2.05) is 55.5 Å². The zero-order valence-corrected chi connectivity index (χ0v) is 17.4. The molecular weight excluding hydrogens is 392 g/mol. The van der Waals surface area contributed by atoms with Crippen molar-refractivity contribution < 1.29 is 14.3 Å². The summed E-state index contributed by atoms with van der Waals surface area (Å²) in [7, 11) is 1.55. The molecule has 0 saturated heterocycles. The molecule has 2 heterocycles. The Labute approximate surface area is 180 Å². The maximum Gasteiger partial charge on any atom is 0.252 e. The number of fused-ring (bicyclic) bond motifs is 1. The van der Waals surface area contributed by atoms with Crippen molar-refractivity contribution in [3.8, 4) is 5.75 Å². The number of aryl methyl sites for hydroxylation is 1. The highest BCUT2D eigenvalue weighted by Crippen LogP contribution is 2.35. The van der Waals surface area contributed by atoms with Crippen LogP contribution in [0, 0.1) is 6.92 Å². The van der Waals surface area contributed by atoms with Crippen molar-refractivity contribution in [2.75, 3.05) is 24.3 Å². The van der Waals surface area contributed by atoms with Crippen LogP contribution in [-0.2, 0) is 4.79 Å². The van der Waals surface area contributed by atoms with Gasteiger partial charge in [-0.3, -0.25) is 9.59 Å². The number of ether oxygens (including phenoxy) is 1. The number of carbonyl (C=O) groups is 2. The summed E-state index contributed by atoms with van der Waals surface area (Å²) in [6.07, 6.45) is 2.06. The fraction of sp³-hybridized carbons (Fsp3) is 0.208. The van der Waals surface area contributed by atoms with Gasteiger partial charge in [-0.05, 0) is 37.1 Å². The summed E-state index contributed by atoms with van der Waals surface area (Å²) in [5.74, 6) is 0.404. The Morgan fingerprint density at radius 2 is 1.84 bits per heavy atom. The molecule has 4 rings (SSSR count). The third-order valence-corrected chi connectivity index (χ3v) is 5.31. The average molecular weight is 416 g/mol. The Morgan fingerprint density at radius 3 is 2.65 bits per heavy atom. The topological polar surface area (TPSA) is 92.4 Å². The zero-order valence-electron chi connectivity index (χ0n) is 17.4. The number of amides is 2. The smallest absolute Gasteiger partial charge is 0.252 e. The number of aromatic nitrogens is 1. The third-order valence-electron chi connectivity index (χ3n) is 5.31. The Hall–Kier alpha value is -3.87. The Kier molecular flexibility index (Phi) is 5.84. The number of hydrogen-bond acceptors (Lipinski definition) is 5. The monoisotopic (exact) mass is 416 g/mol. The van der Waals surface area contributed by atoms with Gasteiger partial charge < -0.3 is 20.7 Å². The van der Waals surface area contributed by atoms with Crippen LogP contribution in [0.1, 0.15) is 33.8 Å². The average Bonchev–Trinajstić information content (AvgIpc) is 2.80. The first-order valence-electron chi connectivity index (χ1n) is 10.1. The van der Waals surface area contributed by atoms with Crippen molar-refractivity contribution >= 4 is 29.0 Å². The molecule has 0 radical (unpaired) electrons. The first kappa shape index (κ1) is 20.4. The van der Waals surface area contributed by atoms with Gasteiger partial charge in [0.1, 0.15) is 5.75 Å². The fourth-order valence-corrected chi connectivity index (χ4v) is 3.60. The molecule has 3 aromatic rings. The lowest BCUT2D eigenvalue weighted by molar-refractivity contribution is -0.118. The number of anilines is 3. The van der Waals surface area contributed by atoms with Gasteiger partial charge in [0.05, 0.1) is 23.8 Å². The zero-order chi connectivity index (χ0) is 21.8. The molecule has 0 fully saturated rings. The molecule has 0 saturated carbocycles. The van der Waals surface area contributed by atoms with Crippen LogP contribution in [0.3, 0.4) is 0 Å². The van der Waals surface area contributed by atoms with E-state index in [0.717, 1.165) is 22.6 Å². The van der Waals surface area contributed by atoms with Crippen LogP contribution in [0.2, 0.25) is 0 Å². The second-order valence-corrected chi connectivity index (χ2v) is 7.36. The summed E-state index contributed by atoms with van der Waals surface area (Å²) in [6.45, 7) is 2.46. The molecule has 1 aliphatic heterocycles. The lowest BCUT2D eigenvalue weighted by Crippen LogP contribution is -2.27. The second kappa shape index (κ2) is 8.87. The van der Waals surface area contributed by atoms with Gasteiger partial charge in [0.2, 0.25) is 5.91 Å². The molecule has 2 aromatic carbocycles. The van der Waals surface area contributed by atoms with E-state index in [9.17, 15) is 9.59 Å². The predicted octanol–water partition coefficient (Wildman–Crippen LogP) is 4.00. The number of rotatable bonds is 5. The fourth-order valence-electron chi connectivity index (χ4n) is 3.60. The van der Waals surface area contributed by atoms with Crippen molar-refractivity contribution in [2.24, 2.45) is 0 Å². The van der Waals surface area contributed by atoms with E-state index in [1.54, 1.807) is 13.1 Å². The van der Waals surface area contributed by atoms with Gasteiger partial charge in [-0.1, -0.05) is 36.4 Å². The van der Waals surface area contributed by atoms with Gasteiger partial charge >= 0.3 is 0 Å². The largest absolute Gasteiger partial charge is 0.493 e. The van der Waals surface area contributed by atoms with Crippen molar-refractivity contribution in [1.29, 1.82) is 0 Å². The Bertz CT molecular complexity index is 1130. The van der Waals surface area contributed by atoms with Crippen molar-refractivity contribution in [3.05, 3.63) is 77.5 Å². The van der Waals surface area contributed by atoms with Crippen LogP contribution >= 0.6 is 0 Å². The first-order chi connectivity index (χ1) is 15.1. The molecule has 0 bridgehead atoms. The minimum absolute atomic E-state index is 0.167. The first-order valence-corrected chi connectivity index (χ1v) is 10.1. The summed E-state index contributed by atoms with van der Waals surface area (Å²) in [5.41, 5.74) is 3.57. The maximum atomic E-state index is 13.2. The molecule has 158 valence electrons. The molecule has 0 spiro atoms. The summed E-state index contributed by atoms with van der Waals surface area (Å²) in [6, 6.07) is 17.0. The Balaban J connectivity index is 1.66. The minimum Gasteiger partial charge on any atom is -0.493 e. The molecule has 2 amide bonds. The van der Waals surface area contributed by atoms with E-state index in [1.165, 1.54) is 6.20 Å². The molecule has 1 unspecified atom stereocenters. The number of pyridine rings is 1. The van der Waals surface area contributed by atoms with Crippen LogP contribution in [-0.4, -0.2) is 30.5 Å². The van der Waals surface area contributed by atoms with Crippen LogP contribution in [0.25, 0.3) is 0 Å². The van der Waals surface area contributed by atoms with Gasteiger partial charge in [0, 0.05) is 24.5 Å². The molecule has 1 aliphatic rings. The van der Waals surface area contributed by atoms with Crippen molar-refractivity contribution in [3.63, 3.8) is 0 Å². The standard InChI is InChI=1S/C24H24N4O3/c1-15-7-3-5-9-19(15)27-22-20(13-16(14-26-22)23(29)25-2)28-24(30)18-11-12-31-21-10-6-4-8-17(18)21/h3-10,13-14,18H,11-12H2,1-2H3,(H,25,29)(H,26,27)(H,28,30). The summed E-state index contributed by atoms with van der Waals surface area (Å²) >= 11 is 0. The van der Waals surface area contributed by atoms with E-state index < -0.39 is 0 Å². The van der Waals surface area contributed by atoms with E-state index in [4.69, 9.17) is 4.74 Å². The van der Waals surface area contributed by atoms with Gasteiger partial charge in [-0.2, -0.15) is 0 Å². The number of para-hydroxylation sites is 2. The maximum absolute atomic E-state index is 13.2. The van der Waals surface area contributed by atoms with E-state index in [-0.39, 0.29) is 17.7 Å². The second-order valence-electron chi connectivity index (χ2n) is 7.36. The molecule has 3 N–H and O–H groups in total. The summed E-state index contributed by atoms with van der Waals surface area (Å²) in [4.78, 5) is 29.8. The normalized spacial score (nSPS) is 14.7. The number of benzene rings is 2. The molecule has 0 aliphatic carbocycles. The van der Waals surface area contributed by atoms with Gasteiger partial charge in [-0.25, -0.2) is 4.98 Å². The van der Waals surface area contributed by atoms with Crippen LogP contribution in [0.15, 0.2) is 60.8 Å². The summed E-state index contributed by atoms with van der Waals surface area (Å²) < 4.78 is 5.68. The van der Waals surface area contributed by atoms with E-state index >= 15 is 0 Å². The molecule has 31 heavy (non-hydrogen) atoms. The Morgan fingerprint density at radius 1 is 1.06 bits per heavy atom. The van der Waals surface area contributed by atoms with Crippen LogP contribution in [0.5, 0.6) is 5.75 Å².